The van der Waals surface area contributed by atoms with Gasteiger partial charge >= 0.3 is 12.1 Å². The Kier molecular flexibility index (Phi) is 5.57. The van der Waals surface area contributed by atoms with E-state index >= 15 is 0 Å². The molecular weight excluding hydrogens is 515 g/mol. The van der Waals surface area contributed by atoms with Crippen LogP contribution in [0.3, 0.4) is 0 Å². The van der Waals surface area contributed by atoms with Crippen LogP contribution in [0.15, 0.2) is 18.2 Å². The first-order valence-electron chi connectivity index (χ1n) is 12.7. The molecule has 1 amide bonds. The molecule has 3 heterocycles. The van der Waals surface area contributed by atoms with Crippen LogP contribution in [0.1, 0.15) is 60.4 Å². The number of carbonyl (C=O) groups excluding carboxylic acids is 2. The summed E-state index contributed by atoms with van der Waals surface area (Å²) in [6.45, 7) is 4.09. The van der Waals surface area contributed by atoms with E-state index in [2.05, 4.69) is 20.5 Å². The maximum Gasteiger partial charge on any atom is 0.416 e. The molecule has 3 aliphatic carbocycles. The number of ether oxygens (including phenoxy) is 1. The van der Waals surface area contributed by atoms with Gasteiger partial charge in [0.2, 0.25) is 5.91 Å². The van der Waals surface area contributed by atoms with Crippen molar-refractivity contribution in [3.63, 3.8) is 0 Å². The molecule has 3 fully saturated rings. The summed E-state index contributed by atoms with van der Waals surface area (Å²) < 4.78 is 46.9. The number of fused-ring (bicyclic) bond motifs is 4. The largest absolute Gasteiger partial charge is 0.469 e. The molecule has 2 aromatic heterocycles. The van der Waals surface area contributed by atoms with Crippen LogP contribution in [-0.2, 0) is 33.6 Å². The number of nitrogens with two attached hydrogens (primary N) is 1. The number of nitrogens with zero attached hydrogens (tertiary/aromatic N) is 5. The number of nitrogen functional groups attached to an aromatic ring is 1. The fourth-order valence-electron chi connectivity index (χ4n) is 6.59. The molecule has 2 atom stereocenters. The summed E-state index contributed by atoms with van der Waals surface area (Å²) >= 11 is 0. The van der Waals surface area contributed by atoms with E-state index in [9.17, 15) is 22.8 Å². The van der Waals surface area contributed by atoms with Crippen molar-refractivity contribution in [2.24, 2.45) is 17.3 Å². The maximum atomic E-state index is 13.8. The predicted molar refractivity (Wildman–Crippen MR) is 133 cm³/mol. The van der Waals surface area contributed by atoms with E-state index < -0.39 is 23.2 Å². The van der Waals surface area contributed by atoms with Crippen molar-refractivity contribution >= 4 is 29.2 Å². The Morgan fingerprint density at radius 3 is 2.62 bits per heavy atom. The third-order valence-electron chi connectivity index (χ3n) is 8.50. The monoisotopic (exact) mass is 543 g/mol. The Morgan fingerprint density at radius 2 is 1.92 bits per heavy atom. The first-order chi connectivity index (χ1) is 18.4. The SMILES string of the molecule is COC(=O)[C@H]1CC2(C(=O)N3Cc4c(N[C@H](C)c5cc(N)cc(C(F)(F)F)c5)nc5nnc(C)n5c4C3)CC1C2. The van der Waals surface area contributed by atoms with E-state index in [4.69, 9.17) is 10.5 Å². The third kappa shape index (κ3) is 3.97. The number of rotatable bonds is 5. The van der Waals surface area contributed by atoms with Gasteiger partial charge in [-0.25, -0.2) is 0 Å². The van der Waals surface area contributed by atoms with E-state index in [0.717, 1.165) is 23.4 Å². The van der Waals surface area contributed by atoms with Crippen molar-refractivity contribution in [3.05, 3.63) is 46.4 Å². The number of esters is 1. The Labute approximate surface area is 221 Å². The molecule has 39 heavy (non-hydrogen) atoms. The average molecular weight is 544 g/mol. The van der Waals surface area contributed by atoms with E-state index in [1.54, 1.807) is 23.1 Å². The number of aromatic nitrogens is 4. The van der Waals surface area contributed by atoms with Crippen molar-refractivity contribution < 1.29 is 27.5 Å². The lowest BCUT2D eigenvalue weighted by Crippen LogP contribution is -2.44. The molecule has 3 aromatic rings. The highest BCUT2D eigenvalue weighted by molar-refractivity contribution is 5.88. The Balaban J connectivity index is 1.30. The van der Waals surface area contributed by atoms with Crippen LogP contribution in [0.2, 0.25) is 0 Å². The minimum atomic E-state index is -4.53. The fraction of sp³-hybridized carbons (Fsp3) is 0.500. The van der Waals surface area contributed by atoms with Gasteiger partial charge in [-0.05, 0) is 62.8 Å². The van der Waals surface area contributed by atoms with Crippen LogP contribution < -0.4 is 11.1 Å². The van der Waals surface area contributed by atoms with Gasteiger partial charge in [-0.1, -0.05) is 0 Å². The summed E-state index contributed by atoms with van der Waals surface area (Å²) in [5.41, 5.74) is 6.28. The smallest absolute Gasteiger partial charge is 0.416 e. The van der Waals surface area contributed by atoms with Gasteiger partial charge in [0.15, 0.2) is 0 Å². The molecule has 2 bridgehead atoms. The zero-order chi connectivity index (χ0) is 27.9. The second kappa shape index (κ2) is 8.55. The number of methoxy groups -OCH3 is 1. The molecule has 3 saturated carbocycles. The minimum Gasteiger partial charge on any atom is -0.469 e. The lowest BCUT2D eigenvalue weighted by atomic mass is 9.68. The summed E-state index contributed by atoms with van der Waals surface area (Å²) in [5.74, 6) is 0.997. The van der Waals surface area contributed by atoms with Crippen molar-refractivity contribution in [2.75, 3.05) is 18.2 Å². The lowest BCUT2D eigenvalue weighted by molar-refractivity contribution is -0.148. The van der Waals surface area contributed by atoms with Crippen LogP contribution in [0, 0.1) is 24.2 Å². The zero-order valence-corrected chi connectivity index (χ0v) is 21.7. The first-order valence-corrected chi connectivity index (χ1v) is 12.7. The molecular formula is C26H28F3N7O3. The lowest BCUT2D eigenvalue weighted by Gasteiger charge is -2.39. The van der Waals surface area contributed by atoms with Crippen LogP contribution in [0.5, 0.6) is 0 Å². The summed E-state index contributed by atoms with van der Waals surface area (Å²) in [6, 6.07) is 2.88. The molecule has 3 N–H and O–H groups in total. The molecule has 1 aliphatic heterocycles. The number of aryl methyl sites for hydroxylation is 1. The second-order valence-electron chi connectivity index (χ2n) is 11.0. The topological polar surface area (TPSA) is 128 Å². The summed E-state index contributed by atoms with van der Waals surface area (Å²) in [4.78, 5) is 32.3. The summed E-state index contributed by atoms with van der Waals surface area (Å²) in [6.07, 6.45) is -2.72. The summed E-state index contributed by atoms with van der Waals surface area (Å²) in [7, 11) is 1.37. The van der Waals surface area contributed by atoms with E-state index in [1.165, 1.54) is 13.2 Å². The van der Waals surface area contributed by atoms with Crippen LogP contribution >= 0.6 is 0 Å². The van der Waals surface area contributed by atoms with Gasteiger partial charge in [0.05, 0.1) is 48.8 Å². The number of benzene rings is 1. The highest BCUT2D eigenvalue weighted by atomic mass is 19.4. The van der Waals surface area contributed by atoms with Gasteiger partial charge < -0.3 is 20.7 Å². The number of carbonyl (C=O) groups is 2. The molecule has 0 radical (unpaired) electrons. The summed E-state index contributed by atoms with van der Waals surface area (Å²) in [5, 5.41) is 11.5. The molecule has 0 unspecified atom stereocenters. The van der Waals surface area contributed by atoms with Gasteiger partial charge in [0.25, 0.3) is 5.78 Å². The first kappa shape index (κ1) is 25.4. The molecule has 4 aliphatic rings. The van der Waals surface area contributed by atoms with Gasteiger partial charge in [-0.15, -0.1) is 10.2 Å². The third-order valence-corrected chi connectivity index (χ3v) is 8.50. The van der Waals surface area contributed by atoms with Gasteiger partial charge in [0.1, 0.15) is 11.6 Å². The van der Waals surface area contributed by atoms with Crippen LogP contribution in [-0.4, -0.2) is 43.5 Å². The predicted octanol–water partition coefficient (Wildman–Crippen LogP) is 3.64. The highest BCUT2D eigenvalue weighted by Crippen LogP contribution is 2.63. The van der Waals surface area contributed by atoms with E-state index in [1.807, 2.05) is 0 Å². The highest BCUT2D eigenvalue weighted by Gasteiger charge is 2.63. The number of hydrogen-bond donors (Lipinski definition) is 2. The normalized spacial score (nSPS) is 24.4. The quantitative estimate of drug-likeness (QED) is 0.369. The molecule has 10 nitrogen and oxygen atoms in total. The molecule has 1 aromatic carbocycles. The number of nitrogens with one attached hydrogen (secondary N) is 1. The number of alkyl halides is 3. The van der Waals surface area contributed by atoms with Crippen LogP contribution in [0.4, 0.5) is 24.7 Å². The minimum absolute atomic E-state index is 0.00634. The Morgan fingerprint density at radius 1 is 1.18 bits per heavy atom. The number of hydrogen-bond acceptors (Lipinski definition) is 8. The molecule has 0 spiro atoms. The van der Waals surface area contributed by atoms with Crippen molar-refractivity contribution in [3.8, 4) is 0 Å². The van der Waals surface area contributed by atoms with Gasteiger partial charge in [0, 0.05) is 11.3 Å². The number of anilines is 2. The maximum absolute atomic E-state index is 13.8. The van der Waals surface area contributed by atoms with Crippen molar-refractivity contribution in [1.29, 1.82) is 0 Å². The van der Waals surface area contributed by atoms with E-state index in [-0.39, 0.29) is 35.9 Å². The average Bonchev–Trinajstić information content (AvgIpc) is 3.63. The van der Waals surface area contributed by atoms with Gasteiger partial charge in [-0.3, -0.25) is 14.0 Å². The Bertz CT molecular complexity index is 1510. The molecule has 13 heteroatoms. The van der Waals surface area contributed by atoms with Crippen molar-refractivity contribution in [2.45, 2.75) is 58.4 Å². The molecule has 206 valence electrons. The van der Waals surface area contributed by atoms with Crippen molar-refractivity contribution in [1.82, 2.24) is 24.5 Å². The number of halogens is 3. The Hall–Kier alpha value is -3.90. The van der Waals surface area contributed by atoms with Crippen LogP contribution in [0.25, 0.3) is 5.78 Å². The fourth-order valence-corrected chi connectivity index (χ4v) is 6.59. The standard InChI is InChI=1S/C26H28F3N7O3/c1-12(14-4-16(26(27,28)29)6-17(30)5-14)31-21-19-10-35(11-20(19)36-13(2)33-34-24(36)32-21)23(38)25-7-15(8-25)18(9-25)22(37)39-3/h4-6,12,15,18H,7-11,30H2,1-3H3,(H,31,32,34)/t12-,15?,18+,25?/m1/s1. The second-order valence-corrected chi connectivity index (χ2v) is 11.0. The van der Waals surface area contributed by atoms with E-state index in [0.29, 0.717) is 48.8 Å². The van der Waals surface area contributed by atoms with Gasteiger partial charge in [-0.2, -0.15) is 18.2 Å². The molecule has 0 saturated heterocycles. The number of amides is 1. The zero-order valence-electron chi connectivity index (χ0n) is 21.7. The molecule has 7 rings (SSSR count).